The molecule has 3 heteroatoms. The van der Waals surface area contributed by atoms with Crippen LogP contribution in [0.2, 0.25) is 0 Å². The third kappa shape index (κ3) is 1.64. The minimum atomic E-state index is -1.93. The highest BCUT2D eigenvalue weighted by atomic mass is 16.5. The molecule has 0 aliphatic heterocycles. The van der Waals surface area contributed by atoms with E-state index < -0.39 is 16.6 Å². The highest BCUT2D eigenvalue weighted by Gasteiger charge is 2.56. The summed E-state index contributed by atoms with van der Waals surface area (Å²) >= 11 is 0. The number of allylic oxidation sites excluding steroid dienone is 3. The van der Waals surface area contributed by atoms with Gasteiger partial charge in [-0.3, -0.25) is 0 Å². The van der Waals surface area contributed by atoms with Crippen LogP contribution in [0, 0.1) is 22.3 Å². The van der Waals surface area contributed by atoms with Crippen molar-refractivity contribution in [3.63, 3.8) is 0 Å². The predicted octanol–water partition coefficient (Wildman–Crippen LogP) is 2.06. The molecule has 1 aliphatic carbocycles. The maximum absolute atomic E-state index is 10.2. The molecule has 0 fully saturated rings. The van der Waals surface area contributed by atoms with Crippen LogP contribution in [0.3, 0.4) is 0 Å². The van der Waals surface area contributed by atoms with E-state index in [4.69, 9.17) is 5.41 Å². The summed E-state index contributed by atoms with van der Waals surface area (Å²) in [4.78, 5) is 0. The average molecular weight is 222 g/mol. The molecule has 16 heavy (non-hydrogen) atoms. The van der Waals surface area contributed by atoms with Gasteiger partial charge in [-0.05, 0) is 24.0 Å². The van der Waals surface area contributed by atoms with Crippen LogP contribution in [0.1, 0.15) is 34.1 Å². The molecule has 0 aromatic heterocycles. The van der Waals surface area contributed by atoms with Gasteiger partial charge in [-0.2, -0.15) is 0 Å². The molecule has 0 aromatic carbocycles. The van der Waals surface area contributed by atoms with E-state index in [1.165, 1.54) is 0 Å². The molecule has 0 heterocycles. The Hall–Kier alpha value is -0.930. The Kier molecular flexibility index (Phi) is 3.14. The van der Waals surface area contributed by atoms with Gasteiger partial charge in [0.15, 0.2) is 5.79 Å². The van der Waals surface area contributed by atoms with Crippen molar-refractivity contribution in [2.45, 2.75) is 39.9 Å². The molecule has 1 aliphatic rings. The van der Waals surface area contributed by atoms with Crippen molar-refractivity contribution >= 4 is 5.71 Å². The second kappa shape index (κ2) is 3.82. The Morgan fingerprint density at radius 1 is 1.38 bits per heavy atom. The largest absolute Gasteiger partial charge is 0.365 e. The van der Waals surface area contributed by atoms with Gasteiger partial charge >= 0.3 is 0 Å². The van der Waals surface area contributed by atoms with Gasteiger partial charge in [-0.15, -0.1) is 0 Å². The van der Waals surface area contributed by atoms with E-state index in [0.29, 0.717) is 0 Å². The molecule has 1 radical (unpaired) electrons. The zero-order chi connectivity index (χ0) is 12.6. The Morgan fingerprint density at radius 3 is 2.31 bits per heavy atom. The van der Waals surface area contributed by atoms with Gasteiger partial charge in [0.25, 0.3) is 0 Å². The Bertz CT molecular complexity index is 347. The van der Waals surface area contributed by atoms with Gasteiger partial charge in [0, 0.05) is 5.71 Å². The first kappa shape index (κ1) is 13.1. The summed E-state index contributed by atoms with van der Waals surface area (Å²) in [6, 6.07) is 0. The fraction of sp³-hybridized carbons (Fsp3) is 0.615. The Balaban J connectivity index is 3.41. The van der Waals surface area contributed by atoms with Gasteiger partial charge in [0.1, 0.15) is 0 Å². The van der Waals surface area contributed by atoms with E-state index in [1.807, 2.05) is 20.8 Å². The smallest absolute Gasteiger partial charge is 0.177 e. The first-order valence-electron chi connectivity index (χ1n) is 5.50. The molecule has 3 nitrogen and oxygen atoms in total. The monoisotopic (exact) mass is 222 g/mol. The molecule has 3 N–H and O–H groups in total. The summed E-state index contributed by atoms with van der Waals surface area (Å²) in [6.45, 7) is 7.40. The summed E-state index contributed by atoms with van der Waals surface area (Å²) in [5.41, 5.74) is -1.36. The van der Waals surface area contributed by atoms with Crippen molar-refractivity contribution in [2.24, 2.45) is 10.8 Å². The number of rotatable bonds is 2. The third-order valence-corrected chi connectivity index (χ3v) is 3.38. The van der Waals surface area contributed by atoms with Gasteiger partial charge in [-0.1, -0.05) is 39.8 Å². The SMILES string of the molecule is CCC(O)(O)C1(C(C)(C)C)C=[C]C=CC1=N. The van der Waals surface area contributed by atoms with Crippen molar-refractivity contribution in [1.82, 2.24) is 0 Å². The summed E-state index contributed by atoms with van der Waals surface area (Å²) < 4.78 is 0. The zero-order valence-electron chi connectivity index (χ0n) is 10.3. The highest BCUT2D eigenvalue weighted by Crippen LogP contribution is 2.50. The van der Waals surface area contributed by atoms with Crippen LogP contribution < -0.4 is 0 Å². The molecule has 0 saturated carbocycles. The van der Waals surface area contributed by atoms with Crippen molar-refractivity contribution in [3.8, 4) is 0 Å². The molecular formula is C13H20NO2. The highest BCUT2D eigenvalue weighted by molar-refractivity contribution is 6.01. The minimum absolute atomic E-state index is 0.165. The lowest BCUT2D eigenvalue weighted by Gasteiger charge is -2.50. The maximum Gasteiger partial charge on any atom is 0.177 e. The molecule has 0 bridgehead atoms. The molecule has 0 spiro atoms. The quantitative estimate of drug-likeness (QED) is 0.626. The van der Waals surface area contributed by atoms with E-state index in [1.54, 1.807) is 25.2 Å². The van der Waals surface area contributed by atoms with E-state index >= 15 is 0 Å². The third-order valence-electron chi connectivity index (χ3n) is 3.38. The number of nitrogens with one attached hydrogen (secondary N) is 1. The fourth-order valence-corrected chi connectivity index (χ4v) is 2.34. The summed E-state index contributed by atoms with van der Waals surface area (Å²) in [6.07, 6.45) is 7.86. The summed E-state index contributed by atoms with van der Waals surface area (Å²) in [5, 5.41) is 28.5. The molecule has 1 rings (SSSR count). The van der Waals surface area contributed by atoms with Crippen LogP contribution in [0.4, 0.5) is 0 Å². The lowest BCUT2D eigenvalue weighted by atomic mass is 9.57. The average Bonchev–Trinajstić information content (AvgIpc) is 2.16. The van der Waals surface area contributed by atoms with Crippen LogP contribution >= 0.6 is 0 Å². The standard InChI is InChI=1S/C13H20NO2/c1-5-13(15,16)12(11(2,3)4)9-7-6-8-10(12)14/h6,8-9,14-16H,5H2,1-4H3. The number of aliphatic hydroxyl groups is 2. The van der Waals surface area contributed by atoms with Gasteiger partial charge < -0.3 is 15.6 Å². The molecule has 1 atom stereocenters. The zero-order valence-corrected chi connectivity index (χ0v) is 10.3. The van der Waals surface area contributed by atoms with Crippen LogP contribution in [0.5, 0.6) is 0 Å². The lowest BCUT2D eigenvalue weighted by Crippen LogP contribution is -2.58. The fourth-order valence-electron chi connectivity index (χ4n) is 2.34. The topological polar surface area (TPSA) is 64.3 Å². The van der Waals surface area contributed by atoms with E-state index in [2.05, 4.69) is 6.08 Å². The summed E-state index contributed by atoms with van der Waals surface area (Å²) in [5.74, 6) is -1.93. The second-order valence-corrected chi connectivity index (χ2v) is 5.29. The van der Waals surface area contributed by atoms with Crippen LogP contribution in [-0.2, 0) is 0 Å². The maximum atomic E-state index is 10.2. The van der Waals surface area contributed by atoms with Crippen molar-refractivity contribution in [1.29, 1.82) is 5.41 Å². The van der Waals surface area contributed by atoms with E-state index in [0.717, 1.165) is 0 Å². The molecular weight excluding hydrogens is 202 g/mol. The molecule has 89 valence electrons. The number of hydrogen-bond donors (Lipinski definition) is 3. The van der Waals surface area contributed by atoms with Crippen LogP contribution in [-0.4, -0.2) is 21.7 Å². The molecule has 0 saturated heterocycles. The Labute approximate surface area is 97.0 Å². The lowest BCUT2D eigenvalue weighted by molar-refractivity contribution is -0.232. The Morgan fingerprint density at radius 2 is 1.94 bits per heavy atom. The van der Waals surface area contributed by atoms with Gasteiger partial charge in [0.05, 0.1) is 5.41 Å². The van der Waals surface area contributed by atoms with Crippen molar-refractivity contribution in [3.05, 3.63) is 24.3 Å². The second-order valence-electron chi connectivity index (χ2n) is 5.29. The number of hydrogen-bond acceptors (Lipinski definition) is 3. The first-order chi connectivity index (χ1) is 7.19. The van der Waals surface area contributed by atoms with Crippen molar-refractivity contribution < 1.29 is 10.2 Å². The minimum Gasteiger partial charge on any atom is -0.365 e. The normalized spacial score (nSPS) is 26.2. The van der Waals surface area contributed by atoms with Gasteiger partial charge in [-0.25, -0.2) is 0 Å². The molecule has 0 amide bonds. The van der Waals surface area contributed by atoms with Gasteiger partial charge in [0.2, 0.25) is 0 Å². The molecule has 1 unspecified atom stereocenters. The van der Waals surface area contributed by atoms with Crippen LogP contribution in [0.25, 0.3) is 0 Å². The van der Waals surface area contributed by atoms with Crippen LogP contribution in [0.15, 0.2) is 18.2 Å². The predicted molar refractivity (Wildman–Crippen MR) is 64.0 cm³/mol. The van der Waals surface area contributed by atoms with Crippen molar-refractivity contribution in [2.75, 3.05) is 0 Å². The molecule has 0 aromatic rings. The van der Waals surface area contributed by atoms with E-state index in [9.17, 15) is 10.2 Å². The first-order valence-corrected chi connectivity index (χ1v) is 5.50. The summed E-state index contributed by atoms with van der Waals surface area (Å²) in [7, 11) is 0. The van der Waals surface area contributed by atoms with E-state index in [-0.39, 0.29) is 12.1 Å².